The Hall–Kier alpha value is -1.34. The van der Waals surface area contributed by atoms with Crippen LogP contribution in [0.15, 0.2) is 21.6 Å². The van der Waals surface area contributed by atoms with Crippen LogP contribution in [0.3, 0.4) is 0 Å². The lowest BCUT2D eigenvalue weighted by Crippen LogP contribution is -2.25. The van der Waals surface area contributed by atoms with Crippen molar-refractivity contribution in [3.8, 4) is 0 Å². The second-order valence-corrected chi connectivity index (χ2v) is 4.48. The van der Waals surface area contributed by atoms with Crippen LogP contribution in [0.1, 0.15) is 17.5 Å². The number of furan rings is 1. The monoisotopic (exact) mass is 232 g/mol. The lowest BCUT2D eigenvalue weighted by atomic mass is 10.4. The first-order valence-corrected chi connectivity index (χ1v) is 5.79. The Morgan fingerprint density at radius 2 is 2.13 bits per heavy atom. The topological polar surface area (TPSA) is 93.6 Å². The van der Waals surface area contributed by atoms with Crippen molar-refractivity contribution in [3.63, 3.8) is 0 Å². The predicted molar refractivity (Wildman–Crippen MR) is 52.7 cm³/mol. The lowest BCUT2D eigenvalue weighted by Gasteiger charge is -2.11. The molecule has 0 atom stereocenters. The highest BCUT2D eigenvalue weighted by Crippen LogP contribution is 2.13. The van der Waals surface area contributed by atoms with Gasteiger partial charge in [0, 0.05) is 13.6 Å². The molecule has 1 amide bonds. The molecule has 84 valence electrons. The predicted octanol–water partition coefficient (Wildman–Crippen LogP) is 0.0189. The van der Waals surface area contributed by atoms with Crippen molar-refractivity contribution in [2.24, 2.45) is 5.14 Å². The van der Waals surface area contributed by atoms with Crippen molar-refractivity contribution in [3.05, 3.63) is 17.9 Å². The number of rotatable bonds is 3. The molecule has 0 unspecified atom stereocenters. The van der Waals surface area contributed by atoms with Crippen LogP contribution in [0.5, 0.6) is 0 Å². The van der Waals surface area contributed by atoms with Gasteiger partial charge in [-0.3, -0.25) is 4.79 Å². The highest BCUT2D eigenvalue weighted by molar-refractivity contribution is 7.89. The molecule has 1 aromatic rings. The van der Waals surface area contributed by atoms with E-state index in [4.69, 9.17) is 9.56 Å². The van der Waals surface area contributed by atoms with Crippen LogP contribution >= 0.6 is 0 Å². The maximum atomic E-state index is 11.5. The molecule has 0 saturated heterocycles. The summed E-state index contributed by atoms with van der Waals surface area (Å²) in [5.41, 5.74) is 0. The molecule has 7 heteroatoms. The third-order valence-corrected chi connectivity index (χ3v) is 2.67. The molecule has 6 nitrogen and oxygen atoms in total. The van der Waals surface area contributed by atoms with E-state index in [1.54, 1.807) is 14.0 Å². The van der Waals surface area contributed by atoms with Gasteiger partial charge in [-0.15, -0.1) is 0 Å². The standard InChI is InChI=1S/C8H12N2O4S/c1-3-10(2)8(11)6-4-5-7(14-6)15(9,12)13/h4-5H,3H2,1-2H3,(H2,9,12,13). The molecule has 0 aliphatic rings. The highest BCUT2D eigenvalue weighted by atomic mass is 32.2. The van der Waals surface area contributed by atoms with Gasteiger partial charge in [0.2, 0.25) is 5.09 Å². The minimum atomic E-state index is -3.89. The molecule has 0 fully saturated rings. The van der Waals surface area contributed by atoms with E-state index in [0.717, 1.165) is 6.07 Å². The molecule has 1 heterocycles. The second kappa shape index (κ2) is 4.03. The maximum Gasteiger partial charge on any atom is 0.289 e. The molecule has 0 bridgehead atoms. The van der Waals surface area contributed by atoms with Gasteiger partial charge in [0.05, 0.1) is 0 Å². The minimum absolute atomic E-state index is 0.0385. The molecule has 2 N–H and O–H groups in total. The average Bonchev–Trinajstić information content (AvgIpc) is 2.63. The van der Waals surface area contributed by atoms with Crippen molar-refractivity contribution in [1.29, 1.82) is 0 Å². The van der Waals surface area contributed by atoms with E-state index in [9.17, 15) is 13.2 Å². The van der Waals surface area contributed by atoms with Crippen LogP contribution in [0.2, 0.25) is 0 Å². The van der Waals surface area contributed by atoms with E-state index in [1.165, 1.54) is 11.0 Å². The number of sulfonamides is 1. The fourth-order valence-electron chi connectivity index (χ4n) is 0.920. The van der Waals surface area contributed by atoms with Gasteiger partial charge in [-0.25, -0.2) is 13.6 Å². The zero-order chi connectivity index (χ0) is 11.6. The lowest BCUT2D eigenvalue weighted by molar-refractivity contribution is 0.0765. The third-order valence-electron chi connectivity index (χ3n) is 1.89. The van der Waals surface area contributed by atoms with E-state index in [2.05, 4.69) is 0 Å². The van der Waals surface area contributed by atoms with E-state index in [1.807, 2.05) is 0 Å². The summed E-state index contributed by atoms with van der Waals surface area (Å²) < 4.78 is 26.6. The van der Waals surface area contributed by atoms with Crippen LogP contribution in [-0.4, -0.2) is 32.8 Å². The van der Waals surface area contributed by atoms with Crippen LogP contribution in [-0.2, 0) is 10.0 Å². The number of hydrogen-bond acceptors (Lipinski definition) is 4. The van der Waals surface area contributed by atoms with Crippen molar-refractivity contribution in [2.75, 3.05) is 13.6 Å². The van der Waals surface area contributed by atoms with Gasteiger partial charge >= 0.3 is 0 Å². The van der Waals surface area contributed by atoms with Gasteiger partial charge in [-0.05, 0) is 19.1 Å². The number of nitrogens with two attached hydrogens (primary N) is 1. The Balaban J connectivity index is 3.00. The number of hydrogen-bond donors (Lipinski definition) is 1. The summed E-state index contributed by atoms with van der Waals surface area (Å²) >= 11 is 0. The Kier molecular flexibility index (Phi) is 3.15. The van der Waals surface area contributed by atoms with Crippen LogP contribution < -0.4 is 5.14 Å². The molecule has 0 saturated carbocycles. The van der Waals surface area contributed by atoms with Gasteiger partial charge in [0.25, 0.3) is 15.9 Å². The first-order valence-electron chi connectivity index (χ1n) is 4.24. The SMILES string of the molecule is CCN(C)C(=O)c1ccc(S(N)(=O)=O)o1. The average molecular weight is 232 g/mol. The van der Waals surface area contributed by atoms with Crippen LogP contribution in [0.4, 0.5) is 0 Å². The summed E-state index contributed by atoms with van der Waals surface area (Å²) in [6.45, 7) is 2.30. The van der Waals surface area contributed by atoms with Crippen LogP contribution in [0, 0.1) is 0 Å². The first-order chi connectivity index (χ1) is 6.86. The minimum Gasteiger partial charge on any atom is -0.438 e. The molecule has 1 rings (SSSR count). The molecule has 0 spiro atoms. The Bertz CT molecular complexity index is 463. The summed E-state index contributed by atoms with van der Waals surface area (Å²) in [6.07, 6.45) is 0. The third kappa shape index (κ3) is 2.57. The normalized spacial score (nSPS) is 11.4. The zero-order valence-electron chi connectivity index (χ0n) is 8.43. The number of nitrogens with zero attached hydrogens (tertiary/aromatic N) is 1. The summed E-state index contributed by atoms with van der Waals surface area (Å²) in [5, 5.41) is 4.43. The van der Waals surface area contributed by atoms with Gasteiger partial charge < -0.3 is 9.32 Å². The Morgan fingerprint density at radius 1 is 1.53 bits per heavy atom. The van der Waals surface area contributed by atoms with Crippen molar-refractivity contribution < 1.29 is 17.6 Å². The largest absolute Gasteiger partial charge is 0.438 e. The second-order valence-electron chi connectivity index (χ2n) is 2.98. The summed E-state index contributed by atoms with van der Waals surface area (Å²) in [4.78, 5) is 12.9. The van der Waals surface area contributed by atoms with Gasteiger partial charge in [0.15, 0.2) is 5.76 Å². The molecule has 0 aliphatic carbocycles. The summed E-state index contributed by atoms with van der Waals surface area (Å²) in [7, 11) is -2.30. The van der Waals surface area contributed by atoms with Crippen molar-refractivity contribution in [2.45, 2.75) is 12.0 Å². The number of primary sulfonamides is 1. The summed E-state index contributed by atoms with van der Waals surface area (Å²) in [6, 6.07) is 2.44. The smallest absolute Gasteiger partial charge is 0.289 e. The fraction of sp³-hybridized carbons (Fsp3) is 0.375. The van der Waals surface area contributed by atoms with E-state index in [-0.39, 0.29) is 11.7 Å². The number of amides is 1. The zero-order valence-corrected chi connectivity index (χ0v) is 9.24. The molecule has 1 aromatic heterocycles. The van der Waals surface area contributed by atoms with Gasteiger partial charge in [-0.1, -0.05) is 0 Å². The molecule has 0 radical (unpaired) electrons. The first kappa shape index (κ1) is 11.7. The number of carbonyl (C=O) groups is 1. The molecule has 0 aromatic carbocycles. The number of carbonyl (C=O) groups excluding carboxylic acids is 1. The van der Waals surface area contributed by atoms with Crippen molar-refractivity contribution >= 4 is 15.9 Å². The Morgan fingerprint density at radius 3 is 2.53 bits per heavy atom. The molecular weight excluding hydrogens is 220 g/mol. The highest BCUT2D eigenvalue weighted by Gasteiger charge is 2.19. The van der Waals surface area contributed by atoms with Gasteiger partial charge in [0.1, 0.15) is 0 Å². The fourth-order valence-corrected chi connectivity index (χ4v) is 1.38. The molecule has 15 heavy (non-hydrogen) atoms. The quantitative estimate of drug-likeness (QED) is 0.794. The maximum absolute atomic E-state index is 11.5. The van der Waals surface area contributed by atoms with Gasteiger partial charge in [-0.2, -0.15) is 0 Å². The summed E-state index contributed by atoms with van der Waals surface area (Å²) in [5.74, 6) is -0.421. The van der Waals surface area contributed by atoms with E-state index in [0.29, 0.717) is 6.54 Å². The van der Waals surface area contributed by atoms with Crippen LogP contribution in [0.25, 0.3) is 0 Å². The van der Waals surface area contributed by atoms with Crippen molar-refractivity contribution in [1.82, 2.24) is 4.90 Å². The Labute approximate surface area is 87.7 Å². The van der Waals surface area contributed by atoms with E-state index < -0.39 is 15.1 Å². The van der Waals surface area contributed by atoms with E-state index >= 15 is 0 Å². The molecule has 0 aliphatic heterocycles. The molecular formula is C8H12N2O4S.